The third-order valence-electron chi connectivity index (χ3n) is 9.87. The van der Waals surface area contributed by atoms with Gasteiger partial charge in [-0.1, -0.05) is 11.6 Å². The summed E-state index contributed by atoms with van der Waals surface area (Å²) in [6.07, 6.45) is 8.16. The van der Waals surface area contributed by atoms with Crippen molar-refractivity contribution in [1.82, 2.24) is 30.0 Å². The van der Waals surface area contributed by atoms with E-state index >= 15 is 4.39 Å². The second kappa shape index (κ2) is 10.7. The number of H-pyrrole nitrogens is 1. The summed E-state index contributed by atoms with van der Waals surface area (Å²) in [6.45, 7) is 2.91. The molecule has 1 saturated carbocycles. The number of nitrogens with zero attached hydrogens (tertiary/aromatic N) is 6. The smallest absolute Gasteiger partial charge is 0.462 e. The molecule has 1 N–H and O–H groups in total. The third-order valence-corrected chi connectivity index (χ3v) is 10.2. The van der Waals surface area contributed by atoms with E-state index < -0.39 is 12.0 Å². The lowest BCUT2D eigenvalue weighted by Crippen LogP contribution is -2.53. The summed E-state index contributed by atoms with van der Waals surface area (Å²) in [5.41, 5.74) is 1.88. The summed E-state index contributed by atoms with van der Waals surface area (Å²) >= 11 is 6.74. The van der Waals surface area contributed by atoms with Gasteiger partial charge in [-0.3, -0.25) is 10.1 Å². The molecule has 5 aliphatic heterocycles. The van der Waals surface area contributed by atoms with Crippen molar-refractivity contribution in [2.45, 2.75) is 57.1 Å². The van der Waals surface area contributed by atoms with Crippen LogP contribution in [0.2, 0.25) is 5.02 Å². The molecule has 7 bridgehead atoms. The Hall–Kier alpha value is -3.77. The van der Waals surface area contributed by atoms with E-state index in [0.717, 1.165) is 51.6 Å². The predicted octanol–water partition coefficient (Wildman–Crippen LogP) is 5.29. The van der Waals surface area contributed by atoms with Crippen LogP contribution in [0, 0.1) is 11.2 Å². The number of halogens is 2. The van der Waals surface area contributed by atoms with Gasteiger partial charge in [-0.05, 0) is 69.2 Å². The molecule has 0 unspecified atom stereocenters. The first-order valence-electron chi connectivity index (χ1n) is 15.3. The van der Waals surface area contributed by atoms with Crippen molar-refractivity contribution in [3.8, 4) is 17.3 Å². The van der Waals surface area contributed by atoms with Crippen molar-refractivity contribution in [2.24, 2.45) is 5.41 Å². The Labute approximate surface area is 258 Å². The molecule has 6 aliphatic rings. The van der Waals surface area contributed by atoms with E-state index in [2.05, 4.69) is 37.0 Å². The van der Waals surface area contributed by atoms with Crippen LogP contribution in [0.5, 0.6) is 6.01 Å². The van der Waals surface area contributed by atoms with Crippen molar-refractivity contribution in [3.05, 3.63) is 34.9 Å². The van der Waals surface area contributed by atoms with Gasteiger partial charge in [0, 0.05) is 47.7 Å². The van der Waals surface area contributed by atoms with Crippen LogP contribution in [0.25, 0.3) is 33.1 Å². The van der Waals surface area contributed by atoms with Gasteiger partial charge in [-0.25, -0.2) is 9.18 Å². The van der Waals surface area contributed by atoms with Gasteiger partial charge in [0.15, 0.2) is 5.82 Å². The van der Waals surface area contributed by atoms with E-state index in [1.165, 1.54) is 0 Å². The molecule has 4 aromatic rings. The highest BCUT2D eigenvalue weighted by atomic mass is 35.5. The van der Waals surface area contributed by atoms with E-state index in [4.69, 9.17) is 30.8 Å². The average molecular weight is 622 g/mol. The summed E-state index contributed by atoms with van der Waals surface area (Å²) in [5.74, 6) is 0.00903. The molecular formula is C31H33ClFN7O4. The standard InChI is InChI=1S/C31H33ClFN7O4/c1-39-7-2-4-17(39)15-43-29-36-26-21-13-34-27(25(26)33)24-19(22(32)10-23-20(24)14-35-38-23)5-9-42-30(41)44-18-11-31(12-18)6-3-8-40(16-31)28(21)37-29/h10,13-14,17-18H,2-9,11-12,15-16H2,1H3,(H,35,38)/t17-,18?,31?/m0/s1. The molecule has 0 amide bonds. The SMILES string of the molecule is CN1CCC[C@H]1COc1nc2c3cnc(c(F)c3n1)-c1c(c(Cl)cc3[nH]ncc13)CCOC(=O)OC1CC3(CCCN2C3)C1. The highest BCUT2D eigenvalue weighted by Crippen LogP contribution is 2.50. The first-order valence-corrected chi connectivity index (χ1v) is 15.7. The number of rotatable bonds is 3. The van der Waals surface area contributed by atoms with Crippen LogP contribution in [-0.2, 0) is 15.9 Å². The second-order valence-electron chi connectivity index (χ2n) is 12.7. The Bertz CT molecular complexity index is 1780. The fraction of sp³-hybridized carbons (Fsp3) is 0.516. The van der Waals surface area contributed by atoms with E-state index in [1.807, 2.05) is 0 Å². The van der Waals surface area contributed by atoms with E-state index in [1.54, 1.807) is 18.5 Å². The number of aromatic amines is 1. The summed E-state index contributed by atoms with van der Waals surface area (Å²) in [5, 5.41) is 8.64. The van der Waals surface area contributed by atoms with Crippen LogP contribution >= 0.6 is 11.6 Å². The molecule has 13 heteroatoms. The van der Waals surface area contributed by atoms with Crippen molar-refractivity contribution in [3.63, 3.8) is 0 Å². The molecule has 230 valence electrons. The van der Waals surface area contributed by atoms with Crippen molar-refractivity contribution >= 4 is 45.4 Å². The summed E-state index contributed by atoms with van der Waals surface area (Å²) in [4.78, 5) is 31.2. The number of aromatic nitrogens is 5. The number of carbonyl (C=O) groups excluding carboxylic acids is 1. The molecule has 44 heavy (non-hydrogen) atoms. The number of hydrogen-bond donors (Lipinski definition) is 1. The molecule has 11 nitrogen and oxygen atoms in total. The number of hydrogen-bond acceptors (Lipinski definition) is 10. The molecule has 3 fully saturated rings. The quantitative estimate of drug-likeness (QED) is 0.302. The largest absolute Gasteiger partial charge is 0.508 e. The fourth-order valence-corrected chi connectivity index (χ4v) is 7.89. The molecule has 3 aromatic heterocycles. The van der Waals surface area contributed by atoms with Crippen LogP contribution in [-0.4, -0.2) is 88.2 Å². The van der Waals surface area contributed by atoms with Gasteiger partial charge in [0.05, 0.1) is 23.7 Å². The van der Waals surface area contributed by atoms with Crippen LogP contribution in [0.1, 0.15) is 44.1 Å². The van der Waals surface area contributed by atoms with Crippen molar-refractivity contribution in [1.29, 1.82) is 0 Å². The molecule has 10 rings (SSSR count). The zero-order valence-electron chi connectivity index (χ0n) is 24.4. The first kappa shape index (κ1) is 27.8. The predicted molar refractivity (Wildman–Crippen MR) is 162 cm³/mol. The highest BCUT2D eigenvalue weighted by molar-refractivity contribution is 6.33. The summed E-state index contributed by atoms with van der Waals surface area (Å²) < 4.78 is 34.2. The lowest BCUT2D eigenvalue weighted by molar-refractivity contribution is -0.0717. The Kier molecular flexibility index (Phi) is 6.74. The maximum absolute atomic E-state index is 16.9. The van der Waals surface area contributed by atoms with E-state index in [9.17, 15) is 4.79 Å². The second-order valence-corrected chi connectivity index (χ2v) is 13.1. The number of piperidine rings is 1. The van der Waals surface area contributed by atoms with Gasteiger partial charge in [-0.15, -0.1) is 0 Å². The van der Waals surface area contributed by atoms with Crippen molar-refractivity contribution in [2.75, 3.05) is 44.8 Å². The first-order chi connectivity index (χ1) is 21.4. The maximum Gasteiger partial charge on any atom is 0.508 e. The maximum atomic E-state index is 16.9. The number of likely N-dealkylation sites (N-methyl/N-ethyl adjacent to an activating group) is 1. The Morgan fingerprint density at radius 3 is 2.93 bits per heavy atom. The van der Waals surface area contributed by atoms with Crippen LogP contribution in [0.3, 0.4) is 0 Å². The number of carbonyl (C=O) groups is 1. The van der Waals surface area contributed by atoms with Crippen LogP contribution in [0.4, 0.5) is 15.0 Å². The summed E-state index contributed by atoms with van der Waals surface area (Å²) in [7, 11) is 2.09. The number of likely N-dealkylation sites (tertiary alicyclic amines) is 1. The molecule has 1 aliphatic carbocycles. The Morgan fingerprint density at radius 2 is 2.09 bits per heavy atom. The minimum atomic E-state index is -0.706. The third kappa shape index (κ3) is 4.70. The van der Waals surface area contributed by atoms with E-state index in [0.29, 0.717) is 51.4 Å². The number of ether oxygens (including phenoxy) is 3. The lowest BCUT2D eigenvalue weighted by Gasteiger charge is -2.52. The number of benzene rings is 1. The molecule has 0 radical (unpaired) electrons. The topological polar surface area (TPSA) is 119 Å². The number of pyridine rings is 1. The number of anilines is 1. The van der Waals surface area contributed by atoms with Gasteiger partial charge in [-0.2, -0.15) is 15.1 Å². The average Bonchev–Trinajstić information content (AvgIpc) is 3.63. The van der Waals surface area contributed by atoms with Crippen molar-refractivity contribution < 1.29 is 23.4 Å². The highest BCUT2D eigenvalue weighted by Gasteiger charge is 2.49. The minimum Gasteiger partial charge on any atom is -0.462 e. The normalized spacial score (nSPS) is 25.5. The number of nitrogens with one attached hydrogen (secondary N) is 1. The Balaban J connectivity index is 1.30. The van der Waals surface area contributed by atoms with Gasteiger partial charge in [0.1, 0.15) is 29.7 Å². The van der Waals surface area contributed by atoms with Gasteiger partial charge in [0.2, 0.25) is 0 Å². The lowest BCUT2D eigenvalue weighted by atomic mass is 9.62. The molecule has 1 spiro atoms. The van der Waals surface area contributed by atoms with Crippen LogP contribution < -0.4 is 9.64 Å². The number of fused-ring (bicyclic) bond motifs is 1. The van der Waals surface area contributed by atoms with E-state index in [-0.39, 0.29) is 47.8 Å². The zero-order valence-corrected chi connectivity index (χ0v) is 25.2. The molecule has 2 saturated heterocycles. The van der Waals surface area contributed by atoms with Gasteiger partial charge >= 0.3 is 12.2 Å². The molecule has 1 atom stereocenters. The van der Waals surface area contributed by atoms with Crippen LogP contribution in [0.15, 0.2) is 18.5 Å². The molecule has 8 heterocycles. The molecule has 1 aromatic carbocycles. The molecular weight excluding hydrogens is 589 g/mol. The zero-order chi connectivity index (χ0) is 30.0. The monoisotopic (exact) mass is 621 g/mol. The van der Waals surface area contributed by atoms with Gasteiger partial charge in [0.25, 0.3) is 0 Å². The summed E-state index contributed by atoms with van der Waals surface area (Å²) in [6, 6.07) is 2.13. The minimum absolute atomic E-state index is 0.00959. The Morgan fingerprint density at radius 1 is 1.20 bits per heavy atom. The fourth-order valence-electron chi connectivity index (χ4n) is 7.60. The van der Waals surface area contributed by atoms with Gasteiger partial charge < -0.3 is 24.0 Å².